The van der Waals surface area contributed by atoms with Crippen LogP contribution in [-0.4, -0.2) is 36.6 Å². The first-order valence-corrected chi connectivity index (χ1v) is 9.95. The van der Waals surface area contributed by atoms with Crippen molar-refractivity contribution in [1.82, 2.24) is 4.98 Å². The van der Waals surface area contributed by atoms with Crippen molar-refractivity contribution in [2.75, 3.05) is 30.0 Å². The van der Waals surface area contributed by atoms with Gasteiger partial charge in [0.05, 0.1) is 17.1 Å². The van der Waals surface area contributed by atoms with Crippen LogP contribution in [0.3, 0.4) is 0 Å². The van der Waals surface area contributed by atoms with Gasteiger partial charge in [0.2, 0.25) is 11.8 Å². The van der Waals surface area contributed by atoms with Crippen LogP contribution < -0.4 is 19.7 Å². The van der Waals surface area contributed by atoms with Crippen molar-refractivity contribution in [3.63, 3.8) is 0 Å². The molecule has 2 amide bonds. The maximum Gasteiger partial charge on any atom is 0.229 e. The van der Waals surface area contributed by atoms with E-state index in [-0.39, 0.29) is 18.2 Å². The molecule has 30 heavy (non-hydrogen) atoms. The molecule has 0 saturated carbocycles. The first kappa shape index (κ1) is 18.4. The molecule has 1 fully saturated rings. The first-order valence-electron chi connectivity index (χ1n) is 9.95. The SMILES string of the molecule is Cc1ccc(NC(=O)[C@@H]2CC(=O)N(c3ccc4c(c3)OCCO4)C2)c2cccnc12. The molecule has 0 radical (unpaired) electrons. The molecule has 0 spiro atoms. The molecule has 0 bridgehead atoms. The second-order valence-electron chi connectivity index (χ2n) is 7.55. The lowest BCUT2D eigenvalue weighted by Crippen LogP contribution is -2.28. The van der Waals surface area contributed by atoms with Crippen LogP contribution in [0.25, 0.3) is 10.9 Å². The number of rotatable bonds is 3. The zero-order chi connectivity index (χ0) is 20.7. The highest BCUT2D eigenvalue weighted by Gasteiger charge is 2.35. The van der Waals surface area contributed by atoms with Gasteiger partial charge in [-0.1, -0.05) is 6.07 Å². The molecule has 1 saturated heterocycles. The van der Waals surface area contributed by atoms with E-state index in [0.717, 1.165) is 16.5 Å². The molecule has 2 aromatic carbocycles. The fourth-order valence-electron chi connectivity index (χ4n) is 3.99. The highest BCUT2D eigenvalue weighted by Crippen LogP contribution is 2.36. The van der Waals surface area contributed by atoms with Gasteiger partial charge in [0.25, 0.3) is 0 Å². The number of amides is 2. The average molecular weight is 403 g/mol. The summed E-state index contributed by atoms with van der Waals surface area (Å²) in [6.07, 6.45) is 1.91. The molecule has 2 aliphatic heterocycles. The molecule has 1 aromatic heterocycles. The lowest BCUT2D eigenvalue weighted by atomic mass is 10.1. The molecule has 5 rings (SSSR count). The molecule has 1 N–H and O–H groups in total. The minimum Gasteiger partial charge on any atom is -0.486 e. The van der Waals surface area contributed by atoms with E-state index in [0.29, 0.717) is 42.6 Å². The van der Waals surface area contributed by atoms with Gasteiger partial charge < -0.3 is 19.7 Å². The second-order valence-corrected chi connectivity index (χ2v) is 7.55. The number of carbonyl (C=O) groups is 2. The Morgan fingerprint density at radius 2 is 1.97 bits per heavy atom. The van der Waals surface area contributed by atoms with Gasteiger partial charge in [0, 0.05) is 36.3 Å². The fraction of sp³-hybridized carbons (Fsp3) is 0.261. The number of hydrogen-bond donors (Lipinski definition) is 1. The normalized spacial score (nSPS) is 18.0. The number of benzene rings is 2. The van der Waals surface area contributed by atoms with Gasteiger partial charge in [0.1, 0.15) is 13.2 Å². The standard InChI is InChI=1S/C23H21N3O4/c1-14-4-6-18(17-3-2-8-24-22(14)17)25-23(28)15-11-21(27)26(13-15)16-5-7-19-20(12-16)30-10-9-29-19/h2-8,12,15H,9-11,13H2,1H3,(H,25,28)/t15-/m1/s1. The van der Waals surface area contributed by atoms with Gasteiger partial charge in [-0.3, -0.25) is 14.6 Å². The lowest BCUT2D eigenvalue weighted by molar-refractivity contribution is -0.122. The number of aromatic nitrogens is 1. The van der Waals surface area contributed by atoms with E-state index in [9.17, 15) is 9.59 Å². The molecular formula is C23H21N3O4. The van der Waals surface area contributed by atoms with Crippen LogP contribution >= 0.6 is 0 Å². The third-order valence-corrected chi connectivity index (χ3v) is 5.56. The molecule has 0 aliphatic carbocycles. The molecule has 7 nitrogen and oxygen atoms in total. The Hall–Kier alpha value is -3.61. The minimum absolute atomic E-state index is 0.0812. The number of aryl methyl sites for hydroxylation is 1. The fourth-order valence-corrected chi connectivity index (χ4v) is 3.99. The van der Waals surface area contributed by atoms with Crippen molar-refractivity contribution in [3.8, 4) is 11.5 Å². The minimum atomic E-state index is -0.432. The highest BCUT2D eigenvalue weighted by atomic mass is 16.6. The van der Waals surface area contributed by atoms with Crippen molar-refractivity contribution in [3.05, 3.63) is 54.2 Å². The van der Waals surface area contributed by atoms with Crippen LogP contribution in [0.4, 0.5) is 11.4 Å². The van der Waals surface area contributed by atoms with Gasteiger partial charge in [-0.05, 0) is 42.8 Å². The number of ether oxygens (including phenoxy) is 2. The Labute approximate surface area is 173 Å². The molecule has 7 heteroatoms. The lowest BCUT2D eigenvalue weighted by Gasteiger charge is -2.22. The van der Waals surface area contributed by atoms with Crippen LogP contribution in [-0.2, 0) is 9.59 Å². The van der Waals surface area contributed by atoms with E-state index in [1.54, 1.807) is 23.2 Å². The Morgan fingerprint density at radius 1 is 1.13 bits per heavy atom. The molecule has 152 valence electrons. The summed E-state index contributed by atoms with van der Waals surface area (Å²) in [5, 5.41) is 3.88. The number of anilines is 2. The van der Waals surface area contributed by atoms with E-state index < -0.39 is 5.92 Å². The Morgan fingerprint density at radius 3 is 2.83 bits per heavy atom. The summed E-state index contributed by atoms with van der Waals surface area (Å²) in [5.41, 5.74) is 3.32. The Balaban J connectivity index is 1.35. The van der Waals surface area contributed by atoms with E-state index in [1.165, 1.54) is 0 Å². The van der Waals surface area contributed by atoms with Gasteiger partial charge in [0.15, 0.2) is 11.5 Å². The van der Waals surface area contributed by atoms with E-state index >= 15 is 0 Å². The van der Waals surface area contributed by atoms with Gasteiger partial charge in [-0.25, -0.2) is 0 Å². The van der Waals surface area contributed by atoms with Crippen LogP contribution in [0, 0.1) is 12.8 Å². The van der Waals surface area contributed by atoms with E-state index in [2.05, 4.69) is 10.3 Å². The van der Waals surface area contributed by atoms with Crippen molar-refractivity contribution in [1.29, 1.82) is 0 Å². The summed E-state index contributed by atoms with van der Waals surface area (Å²) in [7, 11) is 0. The Kier molecular flexibility index (Phi) is 4.50. The number of nitrogens with one attached hydrogen (secondary N) is 1. The molecule has 3 aromatic rings. The molecule has 1 atom stereocenters. The largest absolute Gasteiger partial charge is 0.486 e. The van der Waals surface area contributed by atoms with Gasteiger partial charge >= 0.3 is 0 Å². The van der Waals surface area contributed by atoms with Crippen LogP contribution in [0.15, 0.2) is 48.7 Å². The number of pyridine rings is 1. The number of carbonyl (C=O) groups excluding carboxylic acids is 2. The predicted molar refractivity (Wildman–Crippen MR) is 113 cm³/mol. The van der Waals surface area contributed by atoms with Crippen molar-refractivity contribution in [2.45, 2.75) is 13.3 Å². The van der Waals surface area contributed by atoms with E-state index in [1.807, 2.05) is 37.3 Å². The quantitative estimate of drug-likeness (QED) is 0.726. The summed E-state index contributed by atoms with van der Waals surface area (Å²) >= 11 is 0. The maximum atomic E-state index is 12.9. The summed E-state index contributed by atoms with van der Waals surface area (Å²) in [4.78, 5) is 31.6. The van der Waals surface area contributed by atoms with Crippen molar-refractivity contribution >= 4 is 34.1 Å². The third-order valence-electron chi connectivity index (χ3n) is 5.56. The van der Waals surface area contributed by atoms with Gasteiger partial charge in [-0.2, -0.15) is 0 Å². The number of nitrogens with zero attached hydrogens (tertiary/aromatic N) is 2. The summed E-state index contributed by atoms with van der Waals surface area (Å²) < 4.78 is 11.2. The molecule has 3 heterocycles. The second kappa shape index (κ2) is 7.33. The Bertz CT molecular complexity index is 1160. The predicted octanol–water partition coefficient (Wildman–Crippen LogP) is 3.31. The topological polar surface area (TPSA) is 80.8 Å². The number of fused-ring (bicyclic) bond motifs is 2. The maximum absolute atomic E-state index is 12.9. The third kappa shape index (κ3) is 3.22. The van der Waals surface area contributed by atoms with Crippen molar-refractivity contribution < 1.29 is 19.1 Å². The van der Waals surface area contributed by atoms with Crippen molar-refractivity contribution in [2.24, 2.45) is 5.92 Å². The monoisotopic (exact) mass is 403 g/mol. The van der Waals surface area contributed by atoms with Crippen LogP contribution in [0.5, 0.6) is 11.5 Å². The molecule has 2 aliphatic rings. The van der Waals surface area contributed by atoms with Crippen LogP contribution in [0.1, 0.15) is 12.0 Å². The summed E-state index contributed by atoms with van der Waals surface area (Å²) in [6.45, 7) is 3.31. The zero-order valence-electron chi connectivity index (χ0n) is 16.6. The van der Waals surface area contributed by atoms with Gasteiger partial charge in [-0.15, -0.1) is 0 Å². The average Bonchev–Trinajstić information content (AvgIpc) is 3.17. The number of hydrogen-bond acceptors (Lipinski definition) is 5. The van der Waals surface area contributed by atoms with Crippen LogP contribution in [0.2, 0.25) is 0 Å². The van der Waals surface area contributed by atoms with E-state index in [4.69, 9.17) is 9.47 Å². The highest BCUT2D eigenvalue weighted by molar-refractivity contribution is 6.07. The zero-order valence-corrected chi connectivity index (χ0v) is 16.6. The smallest absolute Gasteiger partial charge is 0.229 e. The summed E-state index contributed by atoms with van der Waals surface area (Å²) in [6, 6.07) is 13.0. The molecule has 0 unspecified atom stereocenters. The molecular weight excluding hydrogens is 382 g/mol. The first-order chi connectivity index (χ1) is 14.6. The summed E-state index contributed by atoms with van der Waals surface area (Å²) in [5.74, 6) is 0.613.